The molecule has 4 nitrogen and oxygen atoms in total. The van der Waals surface area contributed by atoms with Gasteiger partial charge in [0, 0.05) is 25.4 Å². The van der Waals surface area contributed by atoms with Crippen molar-refractivity contribution in [2.24, 2.45) is 0 Å². The molecule has 4 heteroatoms. The lowest BCUT2D eigenvalue weighted by atomic mass is 9.99. The van der Waals surface area contributed by atoms with E-state index in [1.54, 1.807) is 0 Å². The van der Waals surface area contributed by atoms with Crippen molar-refractivity contribution in [2.45, 2.75) is 44.8 Å². The molecule has 22 heavy (non-hydrogen) atoms. The zero-order valence-corrected chi connectivity index (χ0v) is 13.5. The molecule has 0 aliphatic carbocycles. The van der Waals surface area contributed by atoms with Gasteiger partial charge in [-0.15, -0.1) is 0 Å². The van der Waals surface area contributed by atoms with E-state index in [-0.39, 0.29) is 6.10 Å². The number of aryl methyl sites for hydroxylation is 2. The highest BCUT2D eigenvalue weighted by Crippen LogP contribution is 2.28. The van der Waals surface area contributed by atoms with Crippen LogP contribution in [-0.2, 0) is 15.9 Å². The standard InChI is InChI=1S/C18H27NO3/c1-14-6-7-18-15(10-14)4-2-8-19(18)11-16(20)12-21-13-17-5-3-9-22-17/h6-7,10,16-17,20H,2-5,8-9,11-13H2,1H3. The minimum atomic E-state index is -0.450. The van der Waals surface area contributed by atoms with E-state index in [1.807, 2.05) is 0 Å². The predicted molar refractivity (Wildman–Crippen MR) is 87.5 cm³/mol. The van der Waals surface area contributed by atoms with Gasteiger partial charge < -0.3 is 19.5 Å². The highest BCUT2D eigenvalue weighted by Gasteiger charge is 2.20. The number of aliphatic hydroxyl groups is 1. The molecule has 1 aromatic rings. The van der Waals surface area contributed by atoms with Crippen molar-refractivity contribution in [1.29, 1.82) is 0 Å². The van der Waals surface area contributed by atoms with Crippen LogP contribution in [0.5, 0.6) is 0 Å². The molecule has 122 valence electrons. The van der Waals surface area contributed by atoms with Crippen molar-refractivity contribution in [1.82, 2.24) is 0 Å². The topological polar surface area (TPSA) is 41.9 Å². The predicted octanol–water partition coefficient (Wildman–Crippen LogP) is 2.30. The minimum Gasteiger partial charge on any atom is -0.389 e. The van der Waals surface area contributed by atoms with Gasteiger partial charge in [0.25, 0.3) is 0 Å². The fraction of sp³-hybridized carbons (Fsp3) is 0.667. The summed E-state index contributed by atoms with van der Waals surface area (Å²) in [4.78, 5) is 2.29. The number of ether oxygens (including phenoxy) is 2. The minimum absolute atomic E-state index is 0.228. The summed E-state index contributed by atoms with van der Waals surface area (Å²) in [6.45, 7) is 5.62. The summed E-state index contributed by atoms with van der Waals surface area (Å²) >= 11 is 0. The van der Waals surface area contributed by atoms with Gasteiger partial charge in [-0.05, 0) is 44.2 Å². The Bertz CT molecular complexity index is 485. The van der Waals surface area contributed by atoms with Crippen LogP contribution >= 0.6 is 0 Å². The third-order valence-electron chi connectivity index (χ3n) is 4.52. The van der Waals surface area contributed by atoms with Crippen LogP contribution in [0.25, 0.3) is 0 Å². The van der Waals surface area contributed by atoms with E-state index in [1.165, 1.54) is 16.8 Å². The Morgan fingerprint density at radius 2 is 2.32 bits per heavy atom. The number of β-amino-alcohol motifs (C(OH)–C–C–N with tert-alkyl or cyclic N) is 1. The monoisotopic (exact) mass is 305 g/mol. The van der Waals surface area contributed by atoms with Gasteiger partial charge in [0.2, 0.25) is 0 Å². The molecule has 2 aliphatic heterocycles. The van der Waals surface area contributed by atoms with Crippen LogP contribution in [0.4, 0.5) is 5.69 Å². The molecule has 2 heterocycles. The van der Waals surface area contributed by atoms with Gasteiger partial charge in [0.05, 0.1) is 25.4 Å². The summed E-state index contributed by atoms with van der Waals surface area (Å²) in [6, 6.07) is 6.60. The van der Waals surface area contributed by atoms with E-state index in [0.29, 0.717) is 19.8 Å². The van der Waals surface area contributed by atoms with Crippen LogP contribution in [0.2, 0.25) is 0 Å². The van der Waals surface area contributed by atoms with E-state index in [4.69, 9.17) is 9.47 Å². The Balaban J connectivity index is 1.48. The average Bonchev–Trinajstić information content (AvgIpc) is 3.00. The molecule has 1 aromatic carbocycles. The average molecular weight is 305 g/mol. The molecule has 0 radical (unpaired) electrons. The molecule has 0 bridgehead atoms. The first-order chi connectivity index (χ1) is 10.7. The SMILES string of the molecule is Cc1ccc2c(c1)CCCN2CC(O)COCC1CCCO1. The third-order valence-corrected chi connectivity index (χ3v) is 4.52. The van der Waals surface area contributed by atoms with Gasteiger partial charge in [0.1, 0.15) is 0 Å². The van der Waals surface area contributed by atoms with Crippen LogP contribution in [-0.4, -0.2) is 50.2 Å². The number of aliphatic hydroxyl groups excluding tert-OH is 1. The lowest BCUT2D eigenvalue weighted by Crippen LogP contribution is -2.38. The summed E-state index contributed by atoms with van der Waals surface area (Å²) in [5, 5.41) is 10.2. The van der Waals surface area contributed by atoms with E-state index < -0.39 is 6.10 Å². The summed E-state index contributed by atoms with van der Waals surface area (Å²) in [5.41, 5.74) is 3.98. The van der Waals surface area contributed by atoms with Crippen molar-refractivity contribution in [2.75, 3.05) is 37.8 Å². The second kappa shape index (κ2) is 7.44. The largest absolute Gasteiger partial charge is 0.389 e. The molecule has 3 rings (SSSR count). The molecule has 1 N–H and O–H groups in total. The molecule has 2 atom stereocenters. The van der Waals surface area contributed by atoms with E-state index >= 15 is 0 Å². The molecule has 1 saturated heterocycles. The van der Waals surface area contributed by atoms with Crippen LogP contribution in [0.1, 0.15) is 30.4 Å². The Labute approximate surface area is 133 Å². The highest BCUT2D eigenvalue weighted by atomic mass is 16.5. The van der Waals surface area contributed by atoms with E-state index in [2.05, 4.69) is 30.0 Å². The number of fused-ring (bicyclic) bond motifs is 1. The first-order valence-corrected chi connectivity index (χ1v) is 8.44. The molecular formula is C18H27NO3. The molecule has 1 fully saturated rings. The Morgan fingerprint density at radius 1 is 1.41 bits per heavy atom. The van der Waals surface area contributed by atoms with Gasteiger partial charge in [-0.3, -0.25) is 0 Å². The van der Waals surface area contributed by atoms with Crippen molar-refractivity contribution in [3.63, 3.8) is 0 Å². The third kappa shape index (κ3) is 4.00. The second-order valence-electron chi connectivity index (χ2n) is 6.51. The number of hydrogen-bond acceptors (Lipinski definition) is 4. The summed E-state index contributed by atoms with van der Waals surface area (Å²) < 4.78 is 11.2. The van der Waals surface area contributed by atoms with Gasteiger partial charge in [-0.1, -0.05) is 17.7 Å². The van der Waals surface area contributed by atoms with E-state index in [9.17, 15) is 5.11 Å². The fourth-order valence-electron chi connectivity index (χ4n) is 3.41. The Morgan fingerprint density at radius 3 is 3.14 bits per heavy atom. The summed E-state index contributed by atoms with van der Waals surface area (Å²) in [5.74, 6) is 0. The van der Waals surface area contributed by atoms with Gasteiger partial charge in [-0.2, -0.15) is 0 Å². The van der Waals surface area contributed by atoms with Crippen LogP contribution in [0.15, 0.2) is 18.2 Å². The normalized spacial score (nSPS) is 22.6. The van der Waals surface area contributed by atoms with Crippen molar-refractivity contribution >= 4 is 5.69 Å². The van der Waals surface area contributed by atoms with E-state index in [0.717, 1.165) is 38.8 Å². The molecule has 2 unspecified atom stereocenters. The summed E-state index contributed by atoms with van der Waals surface area (Å²) in [7, 11) is 0. The van der Waals surface area contributed by atoms with Crippen molar-refractivity contribution < 1.29 is 14.6 Å². The number of benzene rings is 1. The van der Waals surface area contributed by atoms with Crippen LogP contribution in [0, 0.1) is 6.92 Å². The fourth-order valence-corrected chi connectivity index (χ4v) is 3.41. The van der Waals surface area contributed by atoms with Gasteiger partial charge in [-0.25, -0.2) is 0 Å². The maximum absolute atomic E-state index is 10.2. The maximum atomic E-state index is 10.2. The molecule has 0 aromatic heterocycles. The van der Waals surface area contributed by atoms with Crippen LogP contribution < -0.4 is 4.90 Å². The summed E-state index contributed by atoms with van der Waals surface area (Å²) in [6.07, 6.45) is 4.27. The van der Waals surface area contributed by atoms with Crippen molar-refractivity contribution in [3.8, 4) is 0 Å². The lowest BCUT2D eigenvalue weighted by molar-refractivity contribution is -0.0150. The first kappa shape index (κ1) is 15.8. The molecule has 0 amide bonds. The smallest absolute Gasteiger partial charge is 0.0948 e. The number of rotatable bonds is 6. The lowest BCUT2D eigenvalue weighted by Gasteiger charge is -2.33. The molecule has 0 spiro atoms. The number of hydrogen-bond donors (Lipinski definition) is 1. The molecule has 2 aliphatic rings. The van der Waals surface area contributed by atoms with Crippen LogP contribution in [0.3, 0.4) is 0 Å². The second-order valence-corrected chi connectivity index (χ2v) is 6.51. The quantitative estimate of drug-likeness (QED) is 0.876. The molecular weight excluding hydrogens is 278 g/mol. The van der Waals surface area contributed by atoms with Gasteiger partial charge >= 0.3 is 0 Å². The number of anilines is 1. The van der Waals surface area contributed by atoms with Gasteiger partial charge in [0.15, 0.2) is 0 Å². The number of nitrogens with zero attached hydrogens (tertiary/aromatic N) is 1. The zero-order valence-electron chi connectivity index (χ0n) is 13.5. The van der Waals surface area contributed by atoms with Crippen molar-refractivity contribution in [3.05, 3.63) is 29.3 Å². The zero-order chi connectivity index (χ0) is 15.4. The first-order valence-electron chi connectivity index (χ1n) is 8.44. The maximum Gasteiger partial charge on any atom is 0.0948 e. The Kier molecular flexibility index (Phi) is 5.34. The highest BCUT2D eigenvalue weighted by molar-refractivity contribution is 5.56. The Hall–Kier alpha value is -1.10. The molecule has 0 saturated carbocycles.